The third-order valence-corrected chi connectivity index (χ3v) is 5.38. The van der Waals surface area contributed by atoms with Crippen molar-refractivity contribution in [2.24, 2.45) is 0 Å². The lowest BCUT2D eigenvalue weighted by molar-refractivity contribution is -0.114. The van der Waals surface area contributed by atoms with Crippen molar-refractivity contribution in [3.05, 3.63) is 41.0 Å². The number of H-pyrrole nitrogens is 1. The van der Waals surface area contributed by atoms with Gasteiger partial charge in [0.1, 0.15) is 17.0 Å². The minimum Gasteiger partial charge on any atom is -0.444 e. The number of hydrogen-bond acceptors (Lipinski definition) is 8. The van der Waals surface area contributed by atoms with E-state index in [0.717, 1.165) is 16.5 Å². The third kappa shape index (κ3) is 7.98. The van der Waals surface area contributed by atoms with Gasteiger partial charge in [-0.05, 0) is 65.3 Å². The van der Waals surface area contributed by atoms with Gasteiger partial charge in [0.05, 0.1) is 11.7 Å². The summed E-state index contributed by atoms with van der Waals surface area (Å²) in [5, 5.41) is 8.56. The predicted octanol–water partition coefficient (Wildman–Crippen LogP) is 5.71. The summed E-state index contributed by atoms with van der Waals surface area (Å²) in [6.07, 6.45) is 0.803. The Kier molecular flexibility index (Phi) is 7.92. The van der Waals surface area contributed by atoms with Crippen LogP contribution in [0.15, 0.2) is 29.8 Å². The van der Waals surface area contributed by atoms with Crippen LogP contribution in [-0.4, -0.2) is 39.3 Å². The van der Waals surface area contributed by atoms with Crippen molar-refractivity contribution in [1.82, 2.24) is 15.3 Å². The highest BCUT2D eigenvalue weighted by Gasteiger charge is 2.24. The SMILES string of the molecule is CC(=O)Nc1nc([C@H](Cc2c[nH]c3ccc(OC(=O)OC(C)(C)C)cc23)NC(=O)OC(C)(C)C)cs1. The summed E-state index contributed by atoms with van der Waals surface area (Å²) >= 11 is 1.26. The average Bonchev–Trinajstić information content (AvgIpc) is 3.31. The number of aromatic amines is 1. The number of benzene rings is 1. The zero-order chi connectivity index (χ0) is 26.7. The van der Waals surface area contributed by atoms with Crippen LogP contribution in [0.25, 0.3) is 10.9 Å². The van der Waals surface area contributed by atoms with Gasteiger partial charge in [0.25, 0.3) is 0 Å². The Bertz CT molecular complexity index is 1250. The molecule has 0 aliphatic carbocycles. The zero-order valence-corrected chi connectivity index (χ0v) is 22.3. The molecular formula is C25H32N4O6S. The van der Waals surface area contributed by atoms with Gasteiger partial charge in [-0.3, -0.25) is 4.79 Å². The summed E-state index contributed by atoms with van der Waals surface area (Å²) < 4.78 is 16.0. The summed E-state index contributed by atoms with van der Waals surface area (Å²) in [5.41, 5.74) is 0.909. The van der Waals surface area contributed by atoms with Gasteiger partial charge >= 0.3 is 12.2 Å². The summed E-state index contributed by atoms with van der Waals surface area (Å²) in [7, 11) is 0. The number of ether oxygens (including phenoxy) is 3. The fraction of sp³-hybridized carbons (Fsp3) is 0.440. The van der Waals surface area contributed by atoms with E-state index in [0.29, 0.717) is 23.0 Å². The molecule has 1 atom stereocenters. The first-order valence-corrected chi connectivity index (χ1v) is 12.3. The number of anilines is 1. The molecule has 3 aromatic rings. The molecule has 1 aromatic carbocycles. The van der Waals surface area contributed by atoms with E-state index in [1.807, 2.05) is 6.20 Å². The Morgan fingerprint density at radius 1 is 1.08 bits per heavy atom. The number of hydrogen-bond donors (Lipinski definition) is 3. The van der Waals surface area contributed by atoms with E-state index in [4.69, 9.17) is 14.2 Å². The number of alkyl carbamates (subject to hydrolysis) is 1. The van der Waals surface area contributed by atoms with Crippen molar-refractivity contribution in [1.29, 1.82) is 0 Å². The maximum absolute atomic E-state index is 12.6. The number of nitrogens with one attached hydrogen (secondary N) is 3. The van der Waals surface area contributed by atoms with Gasteiger partial charge in [0, 0.05) is 35.8 Å². The van der Waals surface area contributed by atoms with Gasteiger partial charge in [-0.25, -0.2) is 14.6 Å². The normalized spacial score (nSPS) is 12.6. The number of thiazole rings is 1. The fourth-order valence-electron chi connectivity index (χ4n) is 3.31. The molecule has 0 spiro atoms. The number of carbonyl (C=O) groups is 3. The van der Waals surface area contributed by atoms with E-state index in [-0.39, 0.29) is 5.91 Å². The summed E-state index contributed by atoms with van der Waals surface area (Å²) in [5.74, 6) is 0.0950. The van der Waals surface area contributed by atoms with Crippen LogP contribution in [0.3, 0.4) is 0 Å². The van der Waals surface area contributed by atoms with Gasteiger partial charge < -0.3 is 29.8 Å². The molecule has 2 heterocycles. The molecule has 3 N–H and O–H groups in total. The van der Waals surface area contributed by atoms with Crippen molar-refractivity contribution in [2.45, 2.75) is 72.1 Å². The quantitative estimate of drug-likeness (QED) is 0.283. The molecular weight excluding hydrogens is 484 g/mol. The highest BCUT2D eigenvalue weighted by molar-refractivity contribution is 7.13. The monoisotopic (exact) mass is 516 g/mol. The minimum absolute atomic E-state index is 0.235. The first kappa shape index (κ1) is 27.0. The molecule has 194 valence electrons. The summed E-state index contributed by atoms with van der Waals surface area (Å²) in [6, 6.07) is 4.66. The van der Waals surface area contributed by atoms with Crippen molar-refractivity contribution < 1.29 is 28.6 Å². The Hall–Kier alpha value is -3.60. The van der Waals surface area contributed by atoms with E-state index in [1.165, 1.54) is 18.3 Å². The van der Waals surface area contributed by atoms with Crippen LogP contribution in [0.2, 0.25) is 0 Å². The molecule has 11 heteroatoms. The molecule has 0 unspecified atom stereocenters. The van der Waals surface area contributed by atoms with Crippen molar-refractivity contribution in [3.63, 3.8) is 0 Å². The van der Waals surface area contributed by atoms with E-state index < -0.39 is 29.5 Å². The van der Waals surface area contributed by atoms with E-state index >= 15 is 0 Å². The highest BCUT2D eigenvalue weighted by Crippen LogP contribution is 2.30. The van der Waals surface area contributed by atoms with Gasteiger partial charge in [-0.2, -0.15) is 0 Å². The van der Waals surface area contributed by atoms with E-state index in [2.05, 4.69) is 20.6 Å². The second kappa shape index (κ2) is 10.6. The predicted molar refractivity (Wildman–Crippen MR) is 137 cm³/mol. The maximum atomic E-state index is 12.6. The lowest BCUT2D eigenvalue weighted by Crippen LogP contribution is -2.36. The molecule has 0 saturated carbocycles. The van der Waals surface area contributed by atoms with Gasteiger partial charge in [-0.1, -0.05) is 0 Å². The molecule has 0 fully saturated rings. The lowest BCUT2D eigenvalue weighted by Gasteiger charge is -2.23. The molecule has 36 heavy (non-hydrogen) atoms. The fourth-order valence-corrected chi connectivity index (χ4v) is 4.12. The topological polar surface area (TPSA) is 132 Å². The van der Waals surface area contributed by atoms with Crippen molar-refractivity contribution >= 4 is 45.5 Å². The molecule has 0 saturated heterocycles. The minimum atomic E-state index is -0.795. The van der Waals surface area contributed by atoms with Crippen LogP contribution in [0.1, 0.15) is 65.8 Å². The molecule has 0 aliphatic rings. The van der Waals surface area contributed by atoms with Crippen molar-refractivity contribution in [2.75, 3.05) is 5.32 Å². The molecule has 0 aliphatic heterocycles. The first-order chi connectivity index (χ1) is 16.7. The molecule has 10 nitrogen and oxygen atoms in total. The zero-order valence-electron chi connectivity index (χ0n) is 21.5. The first-order valence-electron chi connectivity index (χ1n) is 11.4. The Balaban J connectivity index is 1.87. The molecule has 3 rings (SSSR count). The number of fused-ring (bicyclic) bond motifs is 1. The van der Waals surface area contributed by atoms with E-state index in [9.17, 15) is 14.4 Å². The second-order valence-corrected chi connectivity index (χ2v) is 11.1. The Morgan fingerprint density at radius 2 is 1.78 bits per heavy atom. The molecule has 0 radical (unpaired) electrons. The number of aromatic nitrogens is 2. The van der Waals surface area contributed by atoms with Crippen LogP contribution in [0.4, 0.5) is 14.7 Å². The summed E-state index contributed by atoms with van der Waals surface area (Å²) in [6.45, 7) is 12.0. The van der Waals surface area contributed by atoms with Crippen LogP contribution < -0.4 is 15.4 Å². The number of rotatable bonds is 6. The average molecular weight is 517 g/mol. The van der Waals surface area contributed by atoms with Crippen LogP contribution in [0, 0.1) is 0 Å². The highest BCUT2D eigenvalue weighted by atomic mass is 32.1. The molecule has 0 bridgehead atoms. The summed E-state index contributed by atoms with van der Waals surface area (Å²) in [4.78, 5) is 43.8. The van der Waals surface area contributed by atoms with Gasteiger partial charge in [0.15, 0.2) is 5.13 Å². The van der Waals surface area contributed by atoms with E-state index in [1.54, 1.807) is 65.1 Å². The van der Waals surface area contributed by atoms with Crippen LogP contribution >= 0.6 is 11.3 Å². The molecule has 2 amide bonds. The second-order valence-electron chi connectivity index (χ2n) is 10.2. The smallest absolute Gasteiger partial charge is 0.444 e. The van der Waals surface area contributed by atoms with Crippen LogP contribution in [-0.2, 0) is 20.7 Å². The van der Waals surface area contributed by atoms with Crippen molar-refractivity contribution in [3.8, 4) is 5.75 Å². The Labute approximate surface area is 213 Å². The largest absolute Gasteiger partial charge is 0.514 e. The maximum Gasteiger partial charge on any atom is 0.514 e. The third-order valence-electron chi connectivity index (χ3n) is 4.61. The van der Waals surface area contributed by atoms with Crippen LogP contribution in [0.5, 0.6) is 5.75 Å². The lowest BCUT2D eigenvalue weighted by atomic mass is 10.0. The number of nitrogens with zero attached hydrogens (tertiary/aromatic N) is 1. The molecule has 2 aromatic heterocycles. The number of carbonyl (C=O) groups excluding carboxylic acids is 3. The van der Waals surface area contributed by atoms with Gasteiger partial charge in [-0.15, -0.1) is 11.3 Å². The Morgan fingerprint density at radius 3 is 2.42 bits per heavy atom. The van der Waals surface area contributed by atoms with Gasteiger partial charge in [0.2, 0.25) is 5.91 Å². The number of amides is 2. The standard InChI is InChI=1S/C25H32N4O6S/c1-14(30)27-21-28-20(13-36-21)19(29-22(31)34-24(2,3)4)10-15-12-26-18-9-8-16(11-17(15)18)33-23(32)35-25(5,6)7/h8-9,11-13,19,26H,10H2,1-7H3,(H,29,31)(H,27,28,30)/t19-/m0/s1.